The van der Waals surface area contributed by atoms with E-state index in [4.69, 9.17) is 5.73 Å². The Bertz CT molecular complexity index is 733. The highest BCUT2D eigenvalue weighted by molar-refractivity contribution is 5.64. The Morgan fingerprint density at radius 1 is 1.00 bits per heavy atom. The lowest BCUT2D eigenvalue weighted by molar-refractivity contribution is 0.943. The molecule has 0 saturated heterocycles. The summed E-state index contributed by atoms with van der Waals surface area (Å²) in [7, 11) is 0. The third-order valence-corrected chi connectivity index (χ3v) is 2.85. The van der Waals surface area contributed by atoms with Crippen LogP contribution in [-0.4, -0.2) is 14.1 Å². The molecule has 3 heterocycles. The zero-order valence-electron chi connectivity index (χ0n) is 10.1. The largest absolute Gasteiger partial charge is 0.397 e. The maximum absolute atomic E-state index is 9.23. The Morgan fingerprint density at radius 2 is 1.58 bits per heavy atom. The van der Waals surface area contributed by atoms with Gasteiger partial charge >= 0.3 is 0 Å². The molecule has 2 N–H and O–H groups in total. The highest BCUT2D eigenvalue weighted by Crippen LogP contribution is 2.21. The van der Waals surface area contributed by atoms with Gasteiger partial charge in [-0.3, -0.25) is 0 Å². The van der Waals surface area contributed by atoms with Gasteiger partial charge in [0, 0.05) is 30.9 Å². The van der Waals surface area contributed by atoms with E-state index in [0.29, 0.717) is 22.9 Å². The first-order chi connectivity index (χ1) is 9.29. The number of hydrogen-bond acceptors (Lipinski definition) is 3. The number of nitriles is 1. The van der Waals surface area contributed by atoms with Crippen molar-refractivity contribution in [3.63, 3.8) is 0 Å². The summed E-state index contributed by atoms with van der Waals surface area (Å²) < 4.78 is 3.63. The van der Waals surface area contributed by atoms with E-state index in [-0.39, 0.29) is 0 Å². The predicted octanol–water partition coefficient (Wildman–Crippen LogP) is 2.12. The quantitative estimate of drug-likeness (QED) is 0.756. The zero-order valence-corrected chi connectivity index (χ0v) is 10.1. The zero-order chi connectivity index (χ0) is 13.2. The fourth-order valence-corrected chi connectivity index (χ4v) is 1.93. The third kappa shape index (κ3) is 1.85. The van der Waals surface area contributed by atoms with E-state index < -0.39 is 0 Å². The topological polar surface area (TPSA) is 72.6 Å². The Balaban J connectivity index is 2.25. The Hall–Kier alpha value is -3.00. The van der Waals surface area contributed by atoms with E-state index in [1.165, 1.54) is 0 Å². The number of nitrogen functional groups attached to an aromatic ring is 1. The minimum atomic E-state index is 0.382. The molecular formula is C14H11N5. The second-order valence-electron chi connectivity index (χ2n) is 4.06. The molecule has 92 valence electrons. The molecule has 0 amide bonds. The van der Waals surface area contributed by atoms with E-state index in [2.05, 4.69) is 11.1 Å². The molecule has 5 nitrogen and oxygen atoms in total. The Labute approximate surface area is 110 Å². The van der Waals surface area contributed by atoms with Crippen LogP contribution in [0, 0.1) is 11.3 Å². The first-order valence-electron chi connectivity index (χ1n) is 5.77. The average Bonchev–Trinajstić information content (AvgIpc) is 3.11. The minimum absolute atomic E-state index is 0.382. The second-order valence-corrected chi connectivity index (χ2v) is 4.06. The monoisotopic (exact) mass is 249 g/mol. The van der Waals surface area contributed by atoms with Crippen molar-refractivity contribution in [1.29, 1.82) is 5.26 Å². The molecule has 0 spiro atoms. The van der Waals surface area contributed by atoms with Crippen molar-refractivity contribution in [1.82, 2.24) is 14.1 Å². The van der Waals surface area contributed by atoms with E-state index >= 15 is 0 Å². The van der Waals surface area contributed by atoms with Crippen molar-refractivity contribution in [2.24, 2.45) is 0 Å². The number of aromatic nitrogens is 3. The van der Waals surface area contributed by atoms with Crippen molar-refractivity contribution in [2.75, 3.05) is 5.73 Å². The fraction of sp³-hybridized carbons (Fsp3) is 0. The van der Waals surface area contributed by atoms with E-state index in [9.17, 15) is 5.26 Å². The SMILES string of the molecule is N#Cc1c(N)cc(-n2cccc2)nc1-n1cccc1. The van der Waals surface area contributed by atoms with Crippen molar-refractivity contribution in [3.05, 3.63) is 60.7 Å². The summed E-state index contributed by atoms with van der Waals surface area (Å²) >= 11 is 0. The maximum Gasteiger partial charge on any atom is 0.159 e. The highest BCUT2D eigenvalue weighted by atomic mass is 15.1. The van der Waals surface area contributed by atoms with E-state index in [1.807, 2.05) is 53.6 Å². The molecule has 0 aromatic carbocycles. The molecule has 19 heavy (non-hydrogen) atoms. The molecule has 0 bridgehead atoms. The first kappa shape index (κ1) is 11.1. The first-order valence-corrected chi connectivity index (χ1v) is 5.77. The van der Waals surface area contributed by atoms with Gasteiger partial charge < -0.3 is 14.9 Å². The summed E-state index contributed by atoms with van der Waals surface area (Å²) in [6, 6.07) is 11.4. The van der Waals surface area contributed by atoms with Crippen molar-refractivity contribution < 1.29 is 0 Å². The van der Waals surface area contributed by atoms with Crippen LogP contribution in [0.3, 0.4) is 0 Å². The molecule has 0 aliphatic carbocycles. The van der Waals surface area contributed by atoms with Crippen molar-refractivity contribution >= 4 is 5.69 Å². The van der Waals surface area contributed by atoms with Crippen molar-refractivity contribution in [2.45, 2.75) is 0 Å². The van der Waals surface area contributed by atoms with Gasteiger partial charge in [0.15, 0.2) is 5.82 Å². The van der Waals surface area contributed by atoms with Crippen LogP contribution in [0.2, 0.25) is 0 Å². The summed E-state index contributed by atoms with van der Waals surface area (Å²) in [5.41, 5.74) is 6.76. The van der Waals surface area contributed by atoms with Gasteiger partial charge in [-0.25, -0.2) is 4.98 Å². The van der Waals surface area contributed by atoms with Crippen LogP contribution in [0.4, 0.5) is 5.69 Å². The summed E-state index contributed by atoms with van der Waals surface area (Å²) in [6.07, 6.45) is 7.44. The van der Waals surface area contributed by atoms with E-state index in [0.717, 1.165) is 0 Å². The van der Waals surface area contributed by atoms with Crippen molar-refractivity contribution in [3.8, 4) is 17.7 Å². The van der Waals surface area contributed by atoms with Gasteiger partial charge in [0.2, 0.25) is 0 Å². The summed E-state index contributed by atoms with van der Waals surface area (Å²) in [5, 5.41) is 9.23. The lowest BCUT2D eigenvalue weighted by Crippen LogP contribution is -2.06. The Kier molecular flexibility index (Phi) is 2.54. The molecule has 0 aliphatic heterocycles. The fourth-order valence-electron chi connectivity index (χ4n) is 1.93. The molecule has 3 aromatic heterocycles. The standard InChI is InChI=1S/C14H11N5/c15-10-11-12(16)9-13(18-5-1-2-6-18)17-14(11)19-7-3-4-8-19/h1-9H,(H2,16,17). The highest BCUT2D eigenvalue weighted by Gasteiger charge is 2.12. The van der Waals surface area contributed by atoms with Crippen LogP contribution in [0.1, 0.15) is 5.56 Å². The number of hydrogen-bond donors (Lipinski definition) is 1. The third-order valence-electron chi connectivity index (χ3n) is 2.85. The molecular weight excluding hydrogens is 238 g/mol. The van der Waals surface area contributed by atoms with Gasteiger partial charge in [-0.2, -0.15) is 5.26 Å². The van der Waals surface area contributed by atoms with Gasteiger partial charge in [-0.05, 0) is 24.3 Å². The number of rotatable bonds is 2. The number of nitrogens with two attached hydrogens (primary N) is 1. The van der Waals surface area contributed by atoms with Crippen LogP contribution in [0.15, 0.2) is 55.1 Å². The van der Waals surface area contributed by atoms with Crippen LogP contribution >= 0.6 is 0 Å². The van der Waals surface area contributed by atoms with Gasteiger partial charge in [0.25, 0.3) is 0 Å². The molecule has 3 aromatic rings. The van der Waals surface area contributed by atoms with Crippen LogP contribution in [-0.2, 0) is 0 Å². The normalized spacial score (nSPS) is 10.3. The molecule has 0 radical (unpaired) electrons. The predicted molar refractivity (Wildman–Crippen MR) is 72.0 cm³/mol. The smallest absolute Gasteiger partial charge is 0.159 e. The number of nitrogens with zero attached hydrogens (tertiary/aromatic N) is 4. The lowest BCUT2D eigenvalue weighted by atomic mass is 10.2. The van der Waals surface area contributed by atoms with Gasteiger partial charge in [-0.15, -0.1) is 0 Å². The maximum atomic E-state index is 9.23. The minimum Gasteiger partial charge on any atom is -0.397 e. The summed E-state index contributed by atoms with van der Waals surface area (Å²) in [5.74, 6) is 1.22. The second kappa shape index (κ2) is 4.35. The molecule has 3 rings (SSSR count). The van der Waals surface area contributed by atoms with Gasteiger partial charge in [0.05, 0.1) is 5.69 Å². The molecule has 0 saturated carbocycles. The molecule has 5 heteroatoms. The van der Waals surface area contributed by atoms with Gasteiger partial charge in [0.1, 0.15) is 17.5 Å². The average molecular weight is 249 g/mol. The summed E-state index contributed by atoms with van der Waals surface area (Å²) in [6.45, 7) is 0. The van der Waals surface area contributed by atoms with E-state index in [1.54, 1.807) is 10.6 Å². The van der Waals surface area contributed by atoms with Crippen LogP contribution < -0.4 is 5.73 Å². The number of anilines is 1. The number of pyridine rings is 1. The summed E-state index contributed by atoms with van der Waals surface area (Å²) in [4.78, 5) is 4.51. The molecule has 0 aliphatic rings. The lowest BCUT2D eigenvalue weighted by Gasteiger charge is -2.10. The molecule has 0 atom stereocenters. The molecule has 0 unspecified atom stereocenters. The van der Waals surface area contributed by atoms with Gasteiger partial charge in [-0.1, -0.05) is 0 Å². The molecule has 0 fully saturated rings. The van der Waals surface area contributed by atoms with Crippen LogP contribution in [0.25, 0.3) is 11.6 Å². The van der Waals surface area contributed by atoms with Crippen LogP contribution in [0.5, 0.6) is 0 Å². The Morgan fingerprint density at radius 3 is 2.16 bits per heavy atom.